The van der Waals surface area contributed by atoms with Crippen LogP contribution >= 0.6 is 0 Å². The summed E-state index contributed by atoms with van der Waals surface area (Å²) < 4.78 is 63.5. The van der Waals surface area contributed by atoms with Gasteiger partial charge in [-0.2, -0.15) is 13.2 Å². The summed E-state index contributed by atoms with van der Waals surface area (Å²) in [4.78, 5) is 1.51. The van der Waals surface area contributed by atoms with Crippen LogP contribution in [0.5, 0.6) is 0 Å². The number of benzene rings is 1. The van der Waals surface area contributed by atoms with Crippen LogP contribution in [0, 0.1) is 0 Å². The molecule has 0 fully saturated rings. The third-order valence-electron chi connectivity index (χ3n) is 2.47. The normalized spacial score (nSPS) is 12.3. The molecule has 4 nitrogen and oxygen atoms in total. The summed E-state index contributed by atoms with van der Waals surface area (Å²) in [6.07, 6.45) is -4.63. The first-order valence-electron chi connectivity index (χ1n) is 5.46. The van der Waals surface area contributed by atoms with Gasteiger partial charge in [-0.15, -0.1) is 0 Å². The SMILES string of the molecule is CCS(=O)(=O)Nc1ccc(N(C)C)cc1C(F)(F)F. The molecule has 1 aromatic rings. The number of halogens is 3. The second-order valence-electron chi connectivity index (χ2n) is 4.13. The van der Waals surface area contributed by atoms with Gasteiger partial charge in [0.25, 0.3) is 0 Å². The maximum atomic E-state index is 12.9. The van der Waals surface area contributed by atoms with Crippen molar-refractivity contribution in [1.82, 2.24) is 0 Å². The van der Waals surface area contributed by atoms with Crippen molar-refractivity contribution in [3.63, 3.8) is 0 Å². The molecule has 1 rings (SSSR count). The van der Waals surface area contributed by atoms with Gasteiger partial charge >= 0.3 is 6.18 Å². The molecule has 0 aliphatic heterocycles. The molecule has 1 N–H and O–H groups in total. The molecule has 0 atom stereocenters. The van der Waals surface area contributed by atoms with E-state index in [-0.39, 0.29) is 5.75 Å². The number of nitrogens with one attached hydrogen (secondary N) is 1. The maximum absolute atomic E-state index is 12.9. The number of hydrogen-bond acceptors (Lipinski definition) is 3. The fraction of sp³-hybridized carbons (Fsp3) is 0.455. The van der Waals surface area contributed by atoms with Crippen LogP contribution in [0.1, 0.15) is 12.5 Å². The topological polar surface area (TPSA) is 49.4 Å². The Labute approximate surface area is 110 Å². The lowest BCUT2D eigenvalue weighted by Crippen LogP contribution is -2.19. The minimum absolute atomic E-state index is 0.292. The number of anilines is 2. The lowest BCUT2D eigenvalue weighted by Gasteiger charge is -2.18. The first kappa shape index (κ1) is 15.6. The highest BCUT2D eigenvalue weighted by atomic mass is 32.2. The van der Waals surface area contributed by atoms with E-state index < -0.39 is 27.5 Å². The molecule has 19 heavy (non-hydrogen) atoms. The van der Waals surface area contributed by atoms with Crippen molar-refractivity contribution in [2.75, 3.05) is 29.5 Å². The molecule has 0 aliphatic carbocycles. The summed E-state index contributed by atoms with van der Waals surface area (Å²) in [5.74, 6) is -0.292. The van der Waals surface area contributed by atoms with Crippen molar-refractivity contribution >= 4 is 21.4 Å². The molecular weight excluding hydrogens is 281 g/mol. The van der Waals surface area contributed by atoms with Crippen molar-refractivity contribution in [2.45, 2.75) is 13.1 Å². The highest BCUT2D eigenvalue weighted by molar-refractivity contribution is 7.92. The Bertz CT molecular complexity index is 554. The standard InChI is InChI=1S/C11H15F3N2O2S/c1-4-19(17,18)15-10-6-5-8(16(2)3)7-9(10)11(12,13)14/h5-7,15H,4H2,1-3H3. The van der Waals surface area contributed by atoms with Gasteiger partial charge in [-0.25, -0.2) is 8.42 Å². The Morgan fingerprint density at radius 3 is 2.26 bits per heavy atom. The fourth-order valence-corrected chi connectivity index (χ4v) is 2.03. The smallest absolute Gasteiger partial charge is 0.378 e. The highest BCUT2D eigenvalue weighted by Gasteiger charge is 2.34. The van der Waals surface area contributed by atoms with Gasteiger partial charge < -0.3 is 4.90 Å². The van der Waals surface area contributed by atoms with Crippen LogP contribution in [0.15, 0.2) is 18.2 Å². The lowest BCUT2D eigenvalue weighted by molar-refractivity contribution is -0.136. The zero-order valence-corrected chi connectivity index (χ0v) is 11.6. The first-order chi connectivity index (χ1) is 8.57. The largest absolute Gasteiger partial charge is 0.418 e. The quantitative estimate of drug-likeness (QED) is 0.929. The summed E-state index contributed by atoms with van der Waals surface area (Å²) >= 11 is 0. The molecule has 0 aliphatic rings. The van der Waals surface area contributed by atoms with Gasteiger partial charge in [0.1, 0.15) is 0 Å². The van der Waals surface area contributed by atoms with Crippen molar-refractivity contribution in [1.29, 1.82) is 0 Å². The third kappa shape index (κ3) is 4.02. The summed E-state index contributed by atoms with van der Waals surface area (Å²) in [6.45, 7) is 1.35. The molecule has 0 unspecified atom stereocenters. The summed E-state index contributed by atoms with van der Waals surface area (Å²) in [5.41, 5.74) is -1.12. The molecule has 1 aromatic carbocycles. The minimum atomic E-state index is -4.63. The van der Waals surface area contributed by atoms with Crippen LogP contribution in [0.3, 0.4) is 0 Å². The highest BCUT2D eigenvalue weighted by Crippen LogP contribution is 2.37. The molecular formula is C11H15F3N2O2S. The van der Waals surface area contributed by atoms with Crippen LogP contribution in [-0.4, -0.2) is 28.3 Å². The van der Waals surface area contributed by atoms with Crippen LogP contribution in [0.4, 0.5) is 24.5 Å². The summed E-state index contributed by atoms with van der Waals surface area (Å²) in [7, 11) is -0.547. The Hall–Kier alpha value is -1.44. The molecule has 0 heterocycles. The Kier molecular flexibility index (Phi) is 4.34. The molecule has 0 amide bonds. The monoisotopic (exact) mass is 296 g/mol. The molecule has 0 aromatic heterocycles. The molecule has 0 bridgehead atoms. The molecule has 8 heteroatoms. The summed E-state index contributed by atoms with van der Waals surface area (Å²) in [5, 5.41) is 0. The molecule has 0 spiro atoms. The van der Waals surface area contributed by atoms with Crippen LogP contribution < -0.4 is 9.62 Å². The van der Waals surface area contributed by atoms with Gasteiger partial charge in [0.15, 0.2) is 0 Å². The van der Waals surface area contributed by atoms with Gasteiger partial charge in [-0.3, -0.25) is 4.72 Å². The van der Waals surface area contributed by atoms with Crippen molar-refractivity contribution in [3.8, 4) is 0 Å². The number of sulfonamides is 1. The van der Waals surface area contributed by atoms with E-state index in [0.29, 0.717) is 5.69 Å². The minimum Gasteiger partial charge on any atom is -0.378 e. The zero-order valence-electron chi connectivity index (χ0n) is 10.7. The van der Waals surface area contributed by atoms with Crippen molar-refractivity contribution < 1.29 is 21.6 Å². The fourth-order valence-electron chi connectivity index (χ4n) is 1.37. The molecule has 0 saturated heterocycles. The second-order valence-corrected chi connectivity index (χ2v) is 6.14. The number of nitrogens with zero attached hydrogens (tertiary/aromatic N) is 1. The van der Waals surface area contributed by atoms with Gasteiger partial charge in [0.2, 0.25) is 10.0 Å². The van der Waals surface area contributed by atoms with E-state index in [9.17, 15) is 21.6 Å². The second kappa shape index (κ2) is 5.28. The maximum Gasteiger partial charge on any atom is 0.418 e. The van der Waals surface area contributed by atoms with Gasteiger partial charge in [0, 0.05) is 19.8 Å². The van der Waals surface area contributed by atoms with E-state index in [2.05, 4.69) is 0 Å². The summed E-state index contributed by atoms with van der Waals surface area (Å²) in [6, 6.07) is 3.45. The number of alkyl halides is 3. The zero-order chi connectivity index (χ0) is 14.8. The Morgan fingerprint density at radius 2 is 1.84 bits per heavy atom. The number of rotatable bonds is 4. The molecule has 108 valence electrons. The van der Waals surface area contributed by atoms with Crippen molar-refractivity contribution in [2.24, 2.45) is 0 Å². The lowest BCUT2D eigenvalue weighted by atomic mass is 10.1. The van der Waals surface area contributed by atoms with Gasteiger partial charge in [-0.1, -0.05) is 0 Å². The van der Waals surface area contributed by atoms with E-state index in [1.807, 2.05) is 4.72 Å². The van der Waals surface area contributed by atoms with Crippen LogP contribution in [0.25, 0.3) is 0 Å². The third-order valence-corrected chi connectivity index (χ3v) is 3.76. The van der Waals surface area contributed by atoms with E-state index in [4.69, 9.17) is 0 Å². The predicted molar refractivity (Wildman–Crippen MR) is 68.9 cm³/mol. The average Bonchev–Trinajstić information content (AvgIpc) is 2.27. The Balaban J connectivity index is 3.33. The van der Waals surface area contributed by atoms with Crippen molar-refractivity contribution in [3.05, 3.63) is 23.8 Å². The average molecular weight is 296 g/mol. The van der Waals surface area contributed by atoms with Gasteiger partial charge in [-0.05, 0) is 25.1 Å². The van der Waals surface area contributed by atoms with Gasteiger partial charge in [0.05, 0.1) is 17.0 Å². The molecule has 0 saturated carbocycles. The van der Waals surface area contributed by atoms with Crippen LogP contribution in [-0.2, 0) is 16.2 Å². The van der Waals surface area contributed by atoms with E-state index in [1.54, 1.807) is 14.1 Å². The number of hydrogen-bond donors (Lipinski definition) is 1. The molecule has 0 radical (unpaired) electrons. The van der Waals surface area contributed by atoms with Crippen LogP contribution in [0.2, 0.25) is 0 Å². The van der Waals surface area contributed by atoms with E-state index >= 15 is 0 Å². The Morgan fingerprint density at radius 1 is 1.26 bits per heavy atom. The first-order valence-corrected chi connectivity index (χ1v) is 7.11. The predicted octanol–water partition coefficient (Wildman–Crippen LogP) is 2.53. The van der Waals surface area contributed by atoms with E-state index in [0.717, 1.165) is 12.1 Å². The van der Waals surface area contributed by atoms with E-state index in [1.165, 1.54) is 17.9 Å².